The third-order valence-electron chi connectivity index (χ3n) is 7.09. The quantitative estimate of drug-likeness (QED) is 0.300. The largest absolute Gasteiger partial charge is 0.248 e. The van der Waals surface area contributed by atoms with Gasteiger partial charge in [0, 0.05) is 0 Å². The number of rotatable bonds is 9. The van der Waals surface area contributed by atoms with E-state index in [0.29, 0.717) is 0 Å². The van der Waals surface area contributed by atoms with Crippen molar-refractivity contribution in [2.45, 2.75) is 64.2 Å². The van der Waals surface area contributed by atoms with Crippen LogP contribution in [-0.2, 0) is 19.3 Å². The van der Waals surface area contributed by atoms with Gasteiger partial charge in [-0.2, -0.15) is 0 Å². The zero-order valence-corrected chi connectivity index (χ0v) is 20.2. The lowest BCUT2D eigenvalue weighted by Crippen LogP contribution is -2.01. The molecule has 1 nitrogen and oxygen atoms in total. The predicted octanol–water partition coefficient (Wildman–Crippen LogP) is 8.65. The summed E-state index contributed by atoms with van der Waals surface area (Å²) in [7, 11) is 0. The highest BCUT2D eigenvalue weighted by Gasteiger charge is 2.13. The molecule has 2 aliphatic carbocycles. The Hall–Kier alpha value is -3.19. The highest BCUT2D eigenvalue weighted by molar-refractivity contribution is 5.85. The van der Waals surface area contributed by atoms with Gasteiger partial charge in [-0.1, -0.05) is 85.7 Å². The van der Waals surface area contributed by atoms with Crippen molar-refractivity contribution in [1.82, 2.24) is 4.98 Å². The van der Waals surface area contributed by atoms with E-state index in [4.69, 9.17) is 4.98 Å². The molecule has 2 aliphatic rings. The molecular formula is C33H35N. The van der Waals surface area contributed by atoms with Crippen LogP contribution in [0.5, 0.6) is 0 Å². The second-order valence-corrected chi connectivity index (χ2v) is 9.65. The van der Waals surface area contributed by atoms with E-state index in [-0.39, 0.29) is 0 Å². The fraction of sp³-hybridized carbons (Fsp3) is 0.303. The number of benzene rings is 2. The molecular weight excluding hydrogens is 410 g/mol. The molecule has 1 heteroatoms. The van der Waals surface area contributed by atoms with Gasteiger partial charge in [0.05, 0.1) is 11.4 Å². The molecule has 0 radical (unpaired) electrons. The average Bonchev–Trinajstić information content (AvgIpc) is 2.91. The Morgan fingerprint density at radius 3 is 2.41 bits per heavy atom. The summed E-state index contributed by atoms with van der Waals surface area (Å²) in [6.07, 6.45) is 21.1. The minimum atomic E-state index is 1.08. The molecule has 0 saturated carbocycles. The van der Waals surface area contributed by atoms with Gasteiger partial charge in [0.2, 0.25) is 0 Å². The van der Waals surface area contributed by atoms with Crippen LogP contribution >= 0.6 is 0 Å². The van der Waals surface area contributed by atoms with Crippen molar-refractivity contribution in [3.05, 3.63) is 119 Å². The number of aryl methyl sites for hydroxylation is 3. The van der Waals surface area contributed by atoms with Crippen LogP contribution in [0.1, 0.15) is 78.6 Å². The zero-order chi connectivity index (χ0) is 23.0. The fourth-order valence-electron chi connectivity index (χ4n) is 5.15. The van der Waals surface area contributed by atoms with Crippen molar-refractivity contribution in [3.63, 3.8) is 0 Å². The van der Waals surface area contributed by atoms with E-state index in [2.05, 4.69) is 91.0 Å². The summed E-state index contributed by atoms with van der Waals surface area (Å²) in [4.78, 5) is 4.97. The Labute approximate surface area is 205 Å². The lowest BCUT2D eigenvalue weighted by molar-refractivity contribution is 0.640. The SMILES string of the molecule is C1=Cc2nc(C3=CCCC(c4cccc(CCCCCCc5ccccc5)c4)=C3)ccc2CC1. The van der Waals surface area contributed by atoms with Crippen LogP contribution in [0.4, 0.5) is 0 Å². The molecule has 0 spiro atoms. The van der Waals surface area contributed by atoms with E-state index in [1.165, 1.54) is 71.9 Å². The first-order chi connectivity index (χ1) is 16.8. The standard InChI is InChI=1S/C33H35N/c1(4-12-26-13-6-3-7-14-26)2-5-15-27-16-10-18-29(24-27)30-19-11-20-31(25-30)33-23-22-28-17-8-9-21-32(28)34-33/h3,6-7,9-10,13-14,16,18,20-25H,1-2,4-5,8,11-12,15,17,19H2. The van der Waals surface area contributed by atoms with Gasteiger partial charge < -0.3 is 0 Å². The second-order valence-electron chi connectivity index (χ2n) is 9.65. The van der Waals surface area contributed by atoms with Crippen LogP contribution < -0.4 is 0 Å². The maximum atomic E-state index is 4.97. The minimum absolute atomic E-state index is 1.08. The number of hydrogen-bond donors (Lipinski definition) is 0. The Kier molecular flexibility index (Phi) is 7.50. The molecule has 1 aromatic heterocycles. The van der Waals surface area contributed by atoms with E-state index in [1.54, 1.807) is 0 Å². The van der Waals surface area contributed by atoms with Gasteiger partial charge in [0.1, 0.15) is 0 Å². The van der Waals surface area contributed by atoms with Crippen molar-refractivity contribution >= 4 is 17.2 Å². The zero-order valence-electron chi connectivity index (χ0n) is 20.2. The monoisotopic (exact) mass is 445 g/mol. The van der Waals surface area contributed by atoms with E-state index in [1.807, 2.05) is 0 Å². The molecule has 0 aliphatic heterocycles. The smallest absolute Gasteiger partial charge is 0.0706 e. The van der Waals surface area contributed by atoms with Crippen molar-refractivity contribution in [2.75, 3.05) is 0 Å². The van der Waals surface area contributed by atoms with E-state index >= 15 is 0 Å². The summed E-state index contributed by atoms with van der Waals surface area (Å²) in [5.41, 5.74) is 10.7. The van der Waals surface area contributed by atoms with Crippen molar-refractivity contribution in [3.8, 4) is 0 Å². The minimum Gasteiger partial charge on any atom is -0.248 e. The molecule has 0 fully saturated rings. The Morgan fingerprint density at radius 1 is 0.706 bits per heavy atom. The highest BCUT2D eigenvalue weighted by Crippen LogP contribution is 2.32. The molecule has 0 saturated heterocycles. The number of nitrogens with zero attached hydrogens (tertiary/aromatic N) is 1. The number of allylic oxidation sites excluding steroid dienone is 5. The molecule has 172 valence electrons. The number of fused-ring (bicyclic) bond motifs is 1. The lowest BCUT2D eigenvalue weighted by atomic mass is 9.90. The van der Waals surface area contributed by atoms with E-state index < -0.39 is 0 Å². The number of aromatic nitrogens is 1. The Bertz CT molecular complexity index is 1200. The van der Waals surface area contributed by atoms with E-state index in [0.717, 1.165) is 37.1 Å². The van der Waals surface area contributed by atoms with Crippen molar-refractivity contribution in [1.29, 1.82) is 0 Å². The van der Waals surface area contributed by atoms with Crippen LogP contribution in [0.25, 0.3) is 17.2 Å². The Balaban J connectivity index is 1.17. The summed E-state index contributed by atoms with van der Waals surface area (Å²) in [5, 5.41) is 0. The molecule has 0 unspecified atom stereocenters. The average molecular weight is 446 g/mol. The maximum absolute atomic E-state index is 4.97. The summed E-state index contributed by atoms with van der Waals surface area (Å²) in [6, 6.07) is 24.6. The van der Waals surface area contributed by atoms with E-state index in [9.17, 15) is 0 Å². The molecule has 0 bridgehead atoms. The second kappa shape index (κ2) is 11.3. The molecule has 2 aromatic carbocycles. The van der Waals surface area contributed by atoms with Crippen molar-refractivity contribution < 1.29 is 0 Å². The summed E-state index contributed by atoms with van der Waals surface area (Å²) >= 11 is 0. The molecule has 0 amide bonds. The van der Waals surface area contributed by atoms with Gasteiger partial charge in [0.25, 0.3) is 0 Å². The molecule has 1 heterocycles. The highest BCUT2D eigenvalue weighted by atomic mass is 14.7. The molecule has 34 heavy (non-hydrogen) atoms. The van der Waals surface area contributed by atoms with Gasteiger partial charge >= 0.3 is 0 Å². The first-order valence-electron chi connectivity index (χ1n) is 13.1. The van der Waals surface area contributed by atoms with Gasteiger partial charge in [-0.05, 0) is 103 Å². The Morgan fingerprint density at radius 2 is 1.53 bits per heavy atom. The normalized spacial score (nSPS) is 14.9. The van der Waals surface area contributed by atoms with Gasteiger partial charge in [-0.3, -0.25) is 0 Å². The van der Waals surface area contributed by atoms with Gasteiger partial charge in [-0.25, -0.2) is 4.98 Å². The predicted molar refractivity (Wildman–Crippen MR) is 146 cm³/mol. The van der Waals surface area contributed by atoms with Crippen LogP contribution in [0, 0.1) is 0 Å². The number of pyridine rings is 1. The maximum Gasteiger partial charge on any atom is 0.0706 e. The topological polar surface area (TPSA) is 12.9 Å². The third kappa shape index (κ3) is 5.83. The first-order valence-corrected chi connectivity index (χ1v) is 13.1. The van der Waals surface area contributed by atoms with Crippen LogP contribution in [0.15, 0.2) is 85.0 Å². The number of unbranched alkanes of at least 4 members (excludes halogenated alkanes) is 3. The van der Waals surface area contributed by atoms with Gasteiger partial charge in [0.15, 0.2) is 0 Å². The fourth-order valence-corrected chi connectivity index (χ4v) is 5.15. The molecule has 0 atom stereocenters. The summed E-state index contributed by atoms with van der Waals surface area (Å²) in [6.45, 7) is 0. The lowest BCUT2D eigenvalue weighted by Gasteiger charge is -2.17. The first kappa shape index (κ1) is 22.6. The van der Waals surface area contributed by atoms with Crippen molar-refractivity contribution in [2.24, 2.45) is 0 Å². The summed E-state index contributed by atoms with van der Waals surface area (Å²) < 4.78 is 0. The third-order valence-corrected chi connectivity index (χ3v) is 7.09. The molecule has 3 aromatic rings. The molecule has 5 rings (SSSR count). The van der Waals surface area contributed by atoms with Crippen LogP contribution in [0.2, 0.25) is 0 Å². The molecule has 0 N–H and O–H groups in total. The van der Waals surface area contributed by atoms with Gasteiger partial charge in [-0.15, -0.1) is 0 Å². The van der Waals surface area contributed by atoms with Crippen LogP contribution in [-0.4, -0.2) is 4.98 Å². The van der Waals surface area contributed by atoms with Crippen LogP contribution in [0.3, 0.4) is 0 Å². The summed E-state index contributed by atoms with van der Waals surface area (Å²) in [5.74, 6) is 0. The number of hydrogen-bond acceptors (Lipinski definition) is 1.